The number of hydrogen-bond acceptors (Lipinski definition) is 13. The third-order valence-electron chi connectivity index (χ3n) is 12.4. The molecule has 15 N–H and O–H groups in total. The van der Waals surface area contributed by atoms with Crippen molar-refractivity contribution < 1.29 is 43.2 Å². The zero-order valence-corrected chi connectivity index (χ0v) is 43.2. The topological polar surface area (TPSA) is 342 Å². The first-order valence-electron chi connectivity index (χ1n) is 25.7. The summed E-state index contributed by atoms with van der Waals surface area (Å²) in [5.74, 6) is -7.27. The molecule has 0 aromatic heterocycles. The number of amides is 7. The molecule has 20 nitrogen and oxygen atoms in total. The monoisotopic (exact) mass is 998 g/mol. The van der Waals surface area contributed by atoms with E-state index >= 15 is 0 Å². The summed E-state index contributed by atoms with van der Waals surface area (Å²) in [6, 6.07) is 2.05. The van der Waals surface area contributed by atoms with Crippen molar-refractivity contribution in [1.82, 2.24) is 37.2 Å². The van der Waals surface area contributed by atoms with Crippen LogP contribution in [0.25, 0.3) is 0 Å². The molecule has 0 radical (unpaired) electrons. The van der Waals surface area contributed by atoms with Gasteiger partial charge in [0.15, 0.2) is 11.6 Å². The van der Waals surface area contributed by atoms with Gasteiger partial charge in [0.1, 0.15) is 24.2 Å². The maximum atomic E-state index is 14.4. The van der Waals surface area contributed by atoms with E-state index in [0.29, 0.717) is 12.3 Å². The van der Waals surface area contributed by atoms with Crippen LogP contribution in [0.15, 0.2) is 30.3 Å². The Kier molecular flexibility index (Phi) is 29.0. The van der Waals surface area contributed by atoms with Crippen molar-refractivity contribution in [2.75, 3.05) is 32.7 Å². The summed E-state index contributed by atoms with van der Waals surface area (Å²) in [7, 11) is 0. The van der Waals surface area contributed by atoms with Crippen molar-refractivity contribution in [3.63, 3.8) is 0 Å². The van der Waals surface area contributed by atoms with Gasteiger partial charge in [-0.3, -0.25) is 43.2 Å². The van der Waals surface area contributed by atoms with Gasteiger partial charge in [-0.15, -0.1) is 0 Å². The predicted octanol–water partition coefficient (Wildman–Crippen LogP) is 0.512. The van der Waals surface area contributed by atoms with Gasteiger partial charge in [-0.2, -0.15) is 0 Å². The molecule has 0 aliphatic carbocycles. The molecule has 20 heteroatoms. The van der Waals surface area contributed by atoms with Gasteiger partial charge >= 0.3 is 0 Å². The van der Waals surface area contributed by atoms with Crippen molar-refractivity contribution in [3.8, 4) is 0 Å². The Balaban J connectivity index is 2.71. The minimum atomic E-state index is -1.23. The van der Waals surface area contributed by atoms with E-state index in [0.717, 1.165) is 18.4 Å². The Morgan fingerprint density at radius 2 is 1.07 bits per heavy atom. The molecule has 1 fully saturated rings. The van der Waals surface area contributed by atoms with Gasteiger partial charge in [-0.05, 0) is 107 Å². The molecule has 1 heterocycles. The smallest absolute Gasteiger partial charge is 0.243 e. The average molecular weight is 998 g/mol. The summed E-state index contributed by atoms with van der Waals surface area (Å²) in [5.41, 5.74) is 24.4. The minimum absolute atomic E-state index is 0.0188. The van der Waals surface area contributed by atoms with E-state index in [4.69, 9.17) is 22.9 Å². The number of unbranched alkanes of at least 4 members (excludes halogenated alkanes) is 1. The lowest BCUT2D eigenvalue weighted by Crippen LogP contribution is -2.59. The van der Waals surface area contributed by atoms with Crippen LogP contribution in [0.3, 0.4) is 0 Å². The normalized spacial score (nSPS) is 23.3. The van der Waals surface area contributed by atoms with E-state index in [9.17, 15) is 43.2 Å². The summed E-state index contributed by atoms with van der Waals surface area (Å²) in [4.78, 5) is 126. The molecule has 7 amide bonds. The molecule has 0 spiro atoms. The van der Waals surface area contributed by atoms with Gasteiger partial charge in [-0.25, -0.2) is 0 Å². The highest BCUT2D eigenvalue weighted by molar-refractivity contribution is 5.98. The summed E-state index contributed by atoms with van der Waals surface area (Å²) in [6.07, 6.45) is 2.23. The molecule has 400 valence electrons. The number of carbonyl (C=O) groups excluding carboxylic acids is 9. The minimum Gasteiger partial charge on any atom is -0.354 e. The fourth-order valence-electron chi connectivity index (χ4n) is 8.48. The van der Waals surface area contributed by atoms with Gasteiger partial charge in [0, 0.05) is 37.6 Å². The van der Waals surface area contributed by atoms with Crippen LogP contribution in [0.2, 0.25) is 0 Å². The van der Waals surface area contributed by atoms with E-state index in [-0.39, 0.29) is 121 Å². The molecule has 71 heavy (non-hydrogen) atoms. The van der Waals surface area contributed by atoms with Crippen LogP contribution in [0.1, 0.15) is 131 Å². The maximum Gasteiger partial charge on any atom is 0.243 e. The number of nitrogens with two attached hydrogens (primary N) is 4. The summed E-state index contributed by atoms with van der Waals surface area (Å²) in [6.45, 7) is 11.5. The number of benzene rings is 1. The van der Waals surface area contributed by atoms with Crippen LogP contribution < -0.4 is 60.2 Å². The SMILES string of the molecule is CC(C)CCCCC(=O)N[C@H](CCN)C(=O)C[C@H]1CCNC(=O)[C@H](CC(C)C)NC(=O)[C@H](CCN)NC(=O)[C@H](CCN)NC(=O)[C@H](CC(C)C)NC(=O)[C@@H](Cc2ccccc2)CC(=O)[C@H](CCN)NC1=O. The zero-order valence-electron chi connectivity index (χ0n) is 43.2. The van der Waals surface area contributed by atoms with Gasteiger partial charge in [0.2, 0.25) is 41.4 Å². The van der Waals surface area contributed by atoms with Crippen LogP contribution in [-0.2, 0) is 49.6 Å². The summed E-state index contributed by atoms with van der Waals surface area (Å²) in [5, 5.41) is 19.3. The lowest BCUT2D eigenvalue weighted by molar-refractivity contribution is -0.136. The van der Waals surface area contributed by atoms with Crippen LogP contribution in [0.4, 0.5) is 0 Å². The highest BCUT2D eigenvalue weighted by Gasteiger charge is 2.36. The van der Waals surface area contributed by atoms with Crippen molar-refractivity contribution in [2.24, 2.45) is 52.5 Å². The molecule has 0 saturated carbocycles. The van der Waals surface area contributed by atoms with Crippen LogP contribution >= 0.6 is 0 Å². The lowest BCUT2D eigenvalue weighted by atomic mass is 9.89. The second-order valence-electron chi connectivity index (χ2n) is 20.1. The molecule has 2 rings (SSSR count). The number of Topliss-reactive ketones (excluding diaryl/α,β-unsaturated/α-hetero) is 2. The van der Waals surface area contributed by atoms with Crippen LogP contribution in [-0.4, -0.2) is 122 Å². The first-order chi connectivity index (χ1) is 33.7. The Morgan fingerprint density at radius 1 is 0.577 bits per heavy atom. The van der Waals surface area contributed by atoms with Crippen molar-refractivity contribution in [2.45, 2.75) is 168 Å². The summed E-state index contributed by atoms with van der Waals surface area (Å²) >= 11 is 0. The van der Waals surface area contributed by atoms with Gasteiger partial charge in [0.05, 0.1) is 12.1 Å². The number of ketones is 2. The molecular formula is C51H87N11O9. The molecular weight excluding hydrogens is 911 g/mol. The van der Waals surface area contributed by atoms with E-state index in [1.807, 2.05) is 27.7 Å². The molecule has 1 aliphatic rings. The number of nitrogens with one attached hydrogen (secondary N) is 7. The van der Waals surface area contributed by atoms with Crippen LogP contribution in [0.5, 0.6) is 0 Å². The Labute approximate surface area is 421 Å². The van der Waals surface area contributed by atoms with E-state index < -0.39 is 95.1 Å². The second kappa shape index (κ2) is 33.4. The third-order valence-corrected chi connectivity index (χ3v) is 12.4. The second-order valence-corrected chi connectivity index (χ2v) is 20.1. The Morgan fingerprint density at radius 3 is 1.61 bits per heavy atom. The third kappa shape index (κ3) is 23.6. The summed E-state index contributed by atoms with van der Waals surface area (Å²) < 4.78 is 0. The number of rotatable bonds is 23. The maximum absolute atomic E-state index is 14.4. The van der Waals surface area contributed by atoms with E-state index in [2.05, 4.69) is 51.1 Å². The molecule has 1 aliphatic heterocycles. The molecule has 1 aromatic rings. The number of hydrogen-bond donors (Lipinski definition) is 11. The quantitative estimate of drug-likeness (QED) is 0.0667. The fourth-order valence-corrected chi connectivity index (χ4v) is 8.48. The Bertz CT molecular complexity index is 1870. The van der Waals surface area contributed by atoms with Gasteiger partial charge in [0.25, 0.3) is 0 Å². The average Bonchev–Trinajstić information content (AvgIpc) is 3.30. The molecule has 0 bridgehead atoms. The molecule has 1 saturated heterocycles. The first-order valence-corrected chi connectivity index (χ1v) is 25.7. The molecule has 1 aromatic carbocycles. The predicted molar refractivity (Wildman–Crippen MR) is 272 cm³/mol. The van der Waals surface area contributed by atoms with Gasteiger partial charge < -0.3 is 60.2 Å². The highest BCUT2D eigenvalue weighted by atomic mass is 16.2. The zero-order chi connectivity index (χ0) is 53.0. The highest BCUT2D eigenvalue weighted by Crippen LogP contribution is 2.19. The number of carbonyl (C=O) groups is 9. The van der Waals surface area contributed by atoms with E-state index in [1.54, 1.807) is 30.3 Å². The first kappa shape index (κ1) is 61.8. The van der Waals surface area contributed by atoms with Crippen molar-refractivity contribution in [3.05, 3.63) is 35.9 Å². The van der Waals surface area contributed by atoms with Crippen LogP contribution in [0, 0.1) is 29.6 Å². The standard InChI is InChI=1S/C51H87N11O9/c1-31(2)12-10-11-15-45(65)57-37(16-21-52)43(63)29-35-20-25-56-48(68)41(26-32(3)4)62-50(70)40(19-24-55)59-49(69)39(18-23-54)60-51(71)42(27-33(5)6)61-47(67)36(28-34-13-8-7-9-14-34)30-44(64)38(17-22-53)58-46(35)66/h7-9,13-14,31-33,35-42H,10-12,15-30,52-55H2,1-6H3,(H,56,68)(H,57,65)(H,58,66)(H,59,69)(H,60,71)(H,61,67)(H,62,70)/t35-,36+,37-,38+,39+,40+,41+,42+/m1/s1. The van der Waals surface area contributed by atoms with E-state index in [1.165, 1.54) is 0 Å². The molecule has 0 unspecified atom stereocenters. The lowest BCUT2D eigenvalue weighted by Gasteiger charge is -2.28. The largest absolute Gasteiger partial charge is 0.354 e. The fraction of sp³-hybridized carbons (Fsp3) is 0.706. The van der Waals surface area contributed by atoms with Gasteiger partial charge in [-0.1, -0.05) is 84.7 Å². The van der Waals surface area contributed by atoms with Crippen molar-refractivity contribution >= 4 is 52.9 Å². The molecule has 8 atom stereocenters. The van der Waals surface area contributed by atoms with Crippen molar-refractivity contribution in [1.29, 1.82) is 0 Å². The Hall–Kier alpha value is -5.31.